The monoisotopic (exact) mass is 435 g/mol. The number of pyridine rings is 1. The quantitative estimate of drug-likeness (QED) is 0.378. The maximum Gasteiger partial charge on any atom is 0.162 e. The molecule has 0 amide bonds. The van der Waals surface area contributed by atoms with E-state index in [1.54, 1.807) is 31.4 Å². The van der Waals surface area contributed by atoms with E-state index in [4.69, 9.17) is 14.7 Å². The standard InChI is InChI=1S/C27H18FN3O2/c1-32-25-10-9-21(13-26(25)33-17-18-5-3-2-4-6-18)27-23(11-19(14-29)16-31-27)20-7-8-22(15-30)24(28)12-20/h2-13,16H,17H2,1H3. The summed E-state index contributed by atoms with van der Waals surface area (Å²) in [7, 11) is 1.56. The van der Waals surface area contributed by atoms with Gasteiger partial charge in [-0.25, -0.2) is 4.39 Å². The van der Waals surface area contributed by atoms with E-state index in [1.807, 2.05) is 42.5 Å². The lowest BCUT2D eigenvalue weighted by Gasteiger charge is -2.14. The Balaban J connectivity index is 1.78. The summed E-state index contributed by atoms with van der Waals surface area (Å²) >= 11 is 0. The zero-order valence-corrected chi connectivity index (χ0v) is 17.7. The van der Waals surface area contributed by atoms with Gasteiger partial charge in [0, 0.05) is 17.3 Å². The topological polar surface area (TPSA) is 78.9 Å². The number of benzene rings is 3. The minimum atomic E-state index is -0.634. The van der Waals surface area contributed by atoms with Gasteiger partial charge in [0.05, 0.1) is 23.9 Å². The highest BCUT2D eigenvalue weighted by atomic mass is 19.1. The predicted octanol–water partition coefficient (Wildman–Crippen LogP) is 5.89. The van der Waals surface area contributed by atoms with Crippen molar-refractivity contribution in [3.8, 4) is 46.0 Å². The van der Waals surface area contributed by atoms with Crippen LogP contribution < -0.4 is 9.47 Å². The molecule has 1 heterocycles. The van der Waals surface area contributed by atoms with E-state index in [0.29, 0.717) is 46.1 Å². The van der Waals surface area contributed by atoms with Crippen molar-refractivity contribution in [1.29, 1.82) is 10.5 Å². The molecule has 0 aliphatic rings. The summed E-state index contributed by atoms with van der Waals surface area (Å²) in [5, 5.41) is 18.4. The van der Waals surface area contributed by atoms with Gasteiger partial charge in [0.25, 0.3) is 0 Å². The highest BCUT2D eigenvalue weighted by Crippen LogP contribution is 2.37. The summed E-state index contributed by atoms with van der Waals surface area (Å²) in [4.78, 5) is 4.48. The Morgan fingerprint density at radius 3 is 2.36 bits per heavy atom. The molecule has 4 aromatic rings. The lowest BCUT2D eigenvalue weighted by molar-refractivity contribution is 0.284. The molecule has 1 aromatic heterocycles. The average Bonchev–Trinajstić information content (AvgIpc) is 2.87. The number of hydrogen-bond acceptors (Lipinski definition) is 5. The fraction of sp³-hybridized carbons (Fsp3) is 0.0741. The number of ether oxygens (including phenoxy) is 2. The summed E-state index contributed by atoms with van der Waals surface area (Å²) in [6, 6.07) is 25.0. The fourth-order valence-electron chi connectivity index (χ4n) is 3.42. The molecule has 0 unspecified atom stereocenters. The van der Waals surface area contributed by atoms with E-state index in [9.17, 15) is 9.65 Å². The Labute approximate surface area is 190 Å². The van der Waals surface area contributed by atoms with Gasteiger partial charge < -0.3 is 9.47 Å². The van der Waals surface area contributed by atoms with Crippen LogP contribution in [0, 0.1) is 28.5 Å². The Kier molecular flexibility index (Phi) is 6.29. The zero-order valence-electron chi connectivity index (χ0n) is 17.7. The minimum Gasteiger partial charge on any atom is -0.493 e. The third-order valence-electron chi connectivity index (χ3n) is 5.09. The molecule has 0 bridgehead atoms. The van der Waals surface area contributed by atoms with E-state index in [2.05, 4.69) is 11.1 Å². The van der Waals surface area contributed by atoms with Crippen LogP contribution in [0.15, 0.2) is 79.0 Å². The van der Waals surface area contributed by atoms with Crippen LogP contribution in [-0.4, -0.2) is 12.1 Å². The first-order chi connectivity index (χ1) is 16.1. The van der Waals surface area contributed by atoms with E-state index in [-0.39, 0.29) is 5.56 Å². The summed E-state index contributed by atoms with van der Waals surface area (Å²) in [6.07, 6.45) is 1.47. The van der Waals surface area contributed by atoms with Gasteiger partial charge in [-0.05, 0) is 47.5 Å². The van der Waals surface area contributed by atoms with Crippen molar-refractivity contribution in [3.05, 3.63) is 102 Å². The Morgan fingerprint density at radius 1 is 0.879 bits per heavy atom. The maximum atomic E-state index is 14.3. The first-order valence-corrected chi connectivity index (χ1v) is 10.1. The van der Waals surface area contributed by atoms with E-state index in [1.165, 1.54) is 18.3 Å². The van der Waals surface area contributed by atoms with Gasteiger partial charge in [0.1, 0.15) is 24.6 Å². The second-order valence-corrected chi connectivity index (χ2v) is 7.18. The van der Waals surface area contributed by atoms with Crippen molar-refractivity contribution in [1.82, 2.24) is 4.98 Å². The van der Waals surface area contributed by atoms with Crippen LogP contribution in [-0.2, 0) is 6.61 Å². The molecular formula is C27H18FN3O2. The summed E-state index contributed by atoms with van der Waals surface area (Å²) in [6.45, 7) is 0.356. The second-order valence-electron chi connectivity index (χ2n) is 7.18. The number of rotatable bonds is 6. The molecule has 6 heteroatoms. The molecule has 0 saturated heterocycles. The fourth-order valence-corrected chi connectivity index (χ4v) is 3.42. The summed E-state index contributed by atoms with van der Waals surface area (Å²) in [5.74, 6) is 0.459. The molecule has 0 spiro atoms. The molecule has 0 N–H and O–H groups in total. The first kappa shape index (κ1) is 21.5. The maximum absolute atomic E-state index is 14.3. The molecule has 0 aliphatic carbocycles. The molecule has 3 aromatic carbocycles. The van der Waals surface area contributed by atoms with Crippen molar-refractivity contribution < 1.29 is 13.9 Å². The third kappa shape index (κ3) is 4.66. The molecule has 0 aliphatic heterocycles. The Bertz CT molecular complexity index is 1390. The Morgan fingerprint density at radius 2 is 1.67 bits per heavy atom. The first-order valence-electron chi connectivity index (χ1n) is 10.1. The smallest absolute Gasteiger partial charge is 0.162 e. The lowest BCUT2D eigenvalue weighted by atomic mass is 9.97. The van der Waals surface area contributed by atoms with Crippen molar-refractivity contribution in [2.45, 2.75) is 6.61 Å². The van der Waals surface area contributed by atoms with Crippen LogP contribution >= 0.6 is 0 Å². The predicted molar refractivity (Wildman–Crippen MR) is 122 cm³/mol. The number of halogens is 1. The van der Waals surface area contributed by atoms with Crippen LogP contribution in [0.3, 0.4) is 0 Å². The van der Waals surface area contributed by atoms with Gasteiger partial charge in [-0.1, -0.05) is 36.4 Å². The van der Waals surface area contributed by atoms with E-state index in [0.717, 1.165) is 5.56 Å². The van der Waals surface area contributed by atoms with Gasteiger partial charge >= 0.3 is 0 Å². The molecule has 33 heavy (non-hydrogen) atoms. The molecule has 5 nitrogen and oxygen atoms in total. The highest BCUT2D eigenvalue weighted by molar-refractivity contribution is 5.82. The Hall–Kier alpha value is -4.68. The highest BCUT2D eigenvalue weighted by Gasteiger charge is 2.15. The van der Waals surface area contributed by atoms with Gasteiger partial charge in [-0.2, -0.15) is 10.5 Å². The number of methoxy groups -OCH3 is 1. The van der Waals surface area contributed by atoms with Gasteiger partial charge in [-0.15, -0.1) is 0 Å². The lowest BCUT2D eigenvalue weighted by Crippen LogP contribution is -1.99. The van der Waals surface area contributed by atoms with Crippen molar-refractivity contribution >= 4 is 0 Å². The van der Waals surface area contributed by atoms with Crippen LogP contribution in [0.4, 0.5) is 4.39 Å². The SMILES string of the molecule is COc1ccc(-c2ncc(C#N)cc2-c2ccc(C#N)c(F)c2)cc1OCc1ccccc1. The average molecular weight is 435 g/mol. The number of aromatic nitrogens is 1. The third-order valence-corrected chi connectivity index (χ3v) is 5.09. The second kappa shape index (κ2) is 9.64. The van der Waals surface area contributed by atoms with Crippen molar-refractivity contribution in [2.75, 3.05) is 7.11 Å². The zero-order chi connectivity index (χ0) is 23.2. The van der Waals surface area contributed by atoms with Crippen molar-refractivity contribution in [3.63, 3.8) is 0 Å². The van der Waals surface area contributed by atoms with Gasteiger partial charge in [0.2, 0.25) is 0 Å². The molecular weight excluding hydrogens is 417 g/mol. The summed E-state index contributed by atoms with van der Waals surface area (Å²) < 4.78 is 25.8. The van der Waals surface area contributed by atoms with E-state index < -0.39 is 5.82 Å². The number of hydrogen-bond donors (Lipinski definition) is 0. The normalized spacial score (nSPS) is 10.2. The molecule has 0 atom stereocenters. The minimum absolute atomic E-state index is 0.0502. The van der Waals surface area contributed by atoms with Crippen LogP contribution in [0.1, 0.15) is 16.7 Å². The van der Waals surface area contributed by atoms with Crippen LogP contribution in [0.5, 0.6) is 11.5 Å². The van der Waals surface area contributed by atoms with Gasteiger partial charge in [0.15, 0.2) is 11.5 Å². The number of nitriles is 2. The van der Waals surface area contributed by atoms with E-state index >= 15 is 0 Å². The number of nitrogens with zero attached hydrogens (tertiary/aromatic N) is 3. The molecule has 0 radical (unpaired) electrons. The largest absolute Gasteiger partial charge is 0.493 e. The summed E-state index contributed by atoms with van der Waals surface area (Å²) in [5.41, 5.74) is 3.63. The molecule has 4 rings (SSSR count). The van der Waals surface area contributed by atoms with Gasteiger partial charge in [-0.3, -0.25) is 4.98 Å². The molecule has 0 fully saturated rings. The van der Waals surface area contributed by atoms with Crippen molar-refractivity contribution in [2.24, 2.45) is 0 Å². The van der Waals surface area contributed by atoms with Crippen LogP contribution in [0.2, 0.25) is 0 Å². The molecule has 0 saturated carbocycles. The molecule has 160 valence electrons. The van der Waals surface area contributed by atoms with Crippen LogP contribution in [0.25, 0.3) is 22.4 Å².